The molecule has 7 unspecified atom stereocenters. The lowest BCUT2D eigenvalue weighted by atomic mass is 9.41. The number of aliphatic hydroxyl groups excluding tert-OH is 2. The minimum Gasteiger partial charge on any atom is -0.390 e. The summed E-state index contributed by atoms with van der Waals surface area (Å²) in [5, 5.41) is 34.2. The standard InChI is InChI=1S/C39H61N3O7/c1-22-19-23(30(43)35(4,5)46)48-29-28(22)36(6)13-14-39-21-38(39)12-11-26(34(2,3)24(38)9-10-25(39)37(36,7)31(29)44)49-27-20-42(17-18-47-27)33(45)32-40-15-16-41(32)8/h15-16,22-31,43-44,46H,9-14,17-21H2,1-8H3/t22-,23?,24+,25?,26?,27+,28+,29?,30+,31+,36?,37-,38?,39?/m1/s1. The highest BCUT2D eigenvalue weighted by Gasteiger charge is 2.84. The molecule has 14 atom stereocenters. The number of nitrogens with zero attached hydrogens (tertiary/aromatic N) is 3. The Balaban J connectivity index is 1.01. The van der Waals surface area contributed by atoms with Crippen molar-refractivity contribution < 1.29 is 34.3 Å². The number of hydrogen-bond acceptors (Lipinski definition) is 8. The monoisotopic (exact) mass is 683 g/mol. The number of rotatable bonds is 5. The average Bonchev–Trinajstić information content (AvgIpc) is 3.45. The van der Waals surface area contributed by atoms with Gasteiger partial charge in [-0.25, -0.2) is 4.98 Å². The second kappa shape index (κ2) is 11.0. The summed E-state index contributed by atoms with van der Waals surface area (Å²) in [6.07, 6.45) is 9.19. The Morgan fingerprint density at radius 2 is 1.82 bits per heavy atom. The molecule has 1 amide bonds. The van der Waals surface area contributed by atoms with Crippen molar-refractivity contribution in [2.75, 3.05) is 19.7 Å². The summed E-state index contributed by atoms with van der Waals surface area (Å²) in [6.45, 7) is 16.6. The highest BCUT2D eigenvalue weighted by atomic mass is 16.7. The first-order valence-corrected chi connectivity index (χ1v) is 19.2. The van der Waals surface area contributed by atoms with Crippen molar-refractivity contribution in [3.8, 4) is 0 Å². The first kappa shape index (κ1) is 34.5. The van der Waals surface area contributed by atoms with Crippen LogP contribution < -0.4 is 0 Å². The smallest absolute Gasteiger partial charge is 0.290 e. The molecule has 0 aromatic carbocycles. The van der Waals surface area contributed by atoms with Crippen molar-refractivity contribution >= 4 is 5.91 Å². The van der Waals surface area contributed by atoms with Crippen LogP contribution in [0.5, 0.6) is 0 Å². The molecule has 5 saturated carbocycles. The summed E-state index contributed by atoms with van der Waals surface area (Å²) in [6, 6.07) is 0. The van der Waals surface area contributed by atoms with Gasteiger partial charge in [-0.3, -0.25) is 4.79 Å². The molecule has 2 saturated heterocycles. The van der Waals surface area contributed by atoms with E-state index in [2.05, 4.69) is 39.6 Å². The maximum absolute atomic E-state index is 13.2. The molecule has 5 aliphatic carbocycles. The van der Waals surface area contributed by atoms with Crippen LogP contribution in [0.15, 0.2) is 12.4 Å². The van der Waals surface area contributed by atoms with Gasteiger partial charge in [0.25, 0.3) is 5.91 Å². The molecule has 0 bridgehead atoms. The molecule has 3 heterocycles. The summed E-state index contributed by atoms with van der Waals surface area (Å²) in [4.78, 5) is 19.3. The van der Waals surface area contributed by atoms with Crippen molar-refractivity contribution in [1.82, 2.24) is 14.5 Å². The van der Waals surface area contributed by atoms with E-state index in [0.717, 1.165) is 32.1 Å². The summed E-state index contributed by atoms with van der Waals surface area (Å²) in [5.74, 6) is 1.81. The van der Waals surface area contributed by atoms with Gasteiger partial charge >= 0.3 is 0 Å². The fourth-order valence-corrected chi connectivity index (χ4v) is 14.0. The fourth-order valence-electron chi connectivity index (χ4n) is 14.0. The molecule has 10 heteroatoms. The lowest BCUT2D eigenvalue weighted by Gasteiger charge is -2.64. The van der Waals surface area contributed by atoms with Crippen molar-refractivity contribution in [3.05, 3.63) is 18.2 Å². The molecule has 274 valence electrons. The zero-order valence-electron chi connectivity index (χ0n) is 31.0. The molecule has 0 radical (unpaired) electrons. The Bertz CT molecular complexity index is 1470. The van der Waals surface area contributed by atoms with Crippen LogP contribution in [-0.4, -0.2) is 97.8 Å². The summed E-state index contributed by atoms with van der Waals surface area (Å²) in [5.41, 5.74) is -1.17. The van der Waals surface area contributed by atoms with Gasteiger partial charge in [-0.2, -0.15) is 0 Å². The number of amides is 1. The van der Waals surface area contributed by atoms with E-state index in [1.807, 2.05) is 11.9 Å². The first-order valence-electron chi connectivity index (χ1n) is 19.2. The summed E-state index contributed by atoms with van der Waals surface area (Å²) < 4.78 is 21.4. The van der Waals surface area contributed by atoms with E-state index in [1.54, 1.807) is 30.8 Å². The molecule has 7 fully saturated rings. The van der Waals surface area contributed by atoms with E-state index in [1.165, 1.54) is 12.8 Å². The molecule has 49 heavy (non-hydrogen) atoms. The van der Waals surface area contributed by atoms with E-state index < -0.39 is 30.2 Å². The molecular formula is C39H61N3O7. The van der Waals surface area contributed by atoms with Crippen LogP contribution in [0.4, 0.5) is 0 Å². The Kier molecular flexibility index (Phi) is 7.74. The second-order valence-corrected chi connectivity index (χ2v) is 19.2. The lowest BCUT2D eigenvalue weighted by molar-refractivity contribution is -0.245. The lowest BCUT2D eigenvalue weighted by Crippen LogP contribution is -2.60. The van der Waals surface area contributed by atoms with Crippen LogP contribution in [0.2, 0.25) is 0 Å². The largest absolute Gasteiger partial charge is 0.390 e. The van der Waals surface area contributed by atoms with Gasteiger partial charge in [0, 0.05) is 31.4 Å². The number of hydrogen-bond donors (Lipinski definition) is 3. The Labute approximate surface area is 292 Å². The van der Waals surface area contributed by atoms with Crippen LogP contribution in [0.1, 0.15) is 110 Å². The van der Waals surface area contributed by atoms with Gasteiger partial charge in [0.1, 0.15) is 6.10 Å². The fraction of sp³-hybridized carbons (Fsp3) is 0.897. The van der Waals surface area contributed by atoms with Crippen molar-refractivity contribution in [3.63, 3.8) is 0 Å². The number of imidazole rings is 1. The molecule has 1 aromatic heterocycles. The zero-order chi connectivity index (χ0) is 35.1. The van der Waals surface area contributed by atoms with Crippen molar-refractivity contribution in [2.24, 2.45) is 57.8 Å². The van der Waals surface area contributed by atoms with Crippen LogP contribution in [0, 0.1) is 50.7 Å². The van der Waals surface area contributed by atoms with Crippen molar-refractivity contribution in [1.29, 1.82) is 0 Å². The molecule has 10 nitrogen and oxygen atoms in total. The number of aryl methyl sites for hydroxylation is 1. The molecule has 1 aromatic rings. The van der Waals surface area contributed by atoms with Crippen LogP contribution >= 0.6 is 0 Å². The second-order valence-electron chi connectivity index (χ2n) is 19.2. The molecule has 2 spiro atoms. The maximum atomic E-state index is 13.2. The Hall–Kier alpha value is -1.56. The minimum atomic E-state index is -1.26. The highest BCUT2D eigenvalue weighted by molar-refractivity contribution is 5.90. The van der Waals surface area contributed by atoms with E-state index in [-0.39, 0.29) is 57.0 Å². The number of ether oxygens (including phenoxy) is 3. The summed E-state index contributed by atoms with van der Waals surface area (Å²) >= 11 is 0. The number of fused-ring (bicyclic) bond motifs is 4. The number of aliphatic hydroxyl groups is 3. The van der Waals surface area contributed by atoms with Gasteiger partial charge in [0.2, 0.25) is 0 Å². The van der Waals surface area contributed by atoms with E-state index >= 15 is 0 Å². The molecule has 3 N–H and O–H groups in total. The van der Waals surface area contributed by atoms with Crippen LogP contribution in [0.3, 0.4) is 0 Å². The third-order valence-electron chi connectivity index (χ3n) is 16.5. The first-order chi connectivity index (χ1) is 22.9. The maximum Gasteiger partial charge on any atom is 0.290 e. The number of carbonyl (C=O) groups is 1. The topological polar surface area (TPSA) is 127 Å². The third kappa shape index (κ3) is 4.52. The molecular weight excluding hydrogens is 622 g/mol. The number of aromatic nitrogens is 2. The van der Waals surface area contributed by atoms with Gasteiger partial charge in [-0.05, 0) is 111 Å². The van der Waals surface area contributed by atoms with Crippen LogP contribution in [-0.2, 0) is 21.3 Å². The zero-order valence-corrected chi connectivity index (χ0v) is 31.0. The third-order valence-corrected chi connectivity index (χ3v) is 16.5. The molecule has 8 rings (SSSR count). The van der Waals surface area contributed by atoms with Gasteiger partial charge in [0.15, 0.2) is 12.1 Å². The van der Waals surface area contributed by atoms with Gasteiger partial charge in [-0.1, -0.05) is 34.6 Å². The predicted octanol–water partition coefficient (Wildman–Crippen LogP) is 4.55. The average molecular weight is 684 g/mol. The highest BCUT2D eigenvalue weighted by Crippen LogP contribution is 2.89. The molecule has 7 aliphatic rings. The van der Waals surface area contributed by atoms with Gasteiger partial charge in [0.05, 0.1) is 43.2 Å². The number of morpholine rings is 1. The van der Waals surface area contributed by atoms with Crippen molar-refractivity contribution in [2.45, 2.75) is 142 Å². The molecule has 2 aliphatic heterocycles. The van der Waals surface area contributed by atoms with Gasteiger partial charge < -0.3 is 39.0 Å². The normalized spacial score (nSPS) is 49.2. The number of carbonyl (C=O) groups excluding carboxylic acids is 1. The summed E-state index contributed by atoms with van der Waals surface area (Å²) in [7, 11) is 1.84. The van der Waals surface area contributed by atoms with E-state index in [4.69, 9.17) is 14.2 Å². The Morgan fingerprint density at radius 3 is 2.51 bits per heavy atom. The van der Waals surface area contributed by atoms with Gasteiger partial charge in [-0.15, -0.1) is 0 Å². The Morgan fingerprint density at radius 1 is 1.10 bits per heavy atom. The predicted molar refractivity (Wildman–Crippen MR) is 182 cm³/mol. The minimum absolute atomic E-state index is 0.0447. The SMILES string of the molecule is C[C@@H]1CC([C@H](O)C(C)(C)O)OC2[C@H]1C1(C)CCC34CC35CCC(O[C@H]3CN(C(=O)c6nccn6C)CCO3)C(C)(C)[C@@H]5CCC4[C@]1(C)[C@H]2O. The van der Waals surface area contributed by atoms with E-state index in [9.17, 15) is 20.1 Å². The quantitative estimate of drug-likeness (QED) is 0.413. The van der Waals surface area contributed by atoms with E-state index in [0.29, 0.717) is 43.8 Å². The van der Waals surface area contributed by atoms with Crippen LogP contribution in [0.25, 0.3) is 0 Å².